The lowest BCUT2D eigenvalue weighted by molar-refractivity contribution is -0.139. The molecule has 2 aromatic heterocycles. The molecule has 7 heteroatoms. The maximum absolute atomic E-state index is 12.9. The zero-order valence-corrected chi connectivity index (χ0v) is 15.0. The fraction of sp³-hybridized carbons (Fsp3) is 0.526. The van der Waals surface area contributed by atoms with Gasteiger partial charge in [-0.05, 0) is 31.4 Å². The van der Waals surface area contributed by atoms with Gasteiger partial charge in [-0.2, -0.15) is 0 Å². The summed E-state index contributed by atoms with van der Waals surface area (Å²) in [4.78, 5) is 33.4. The summed E-state index contributed by atoms with van der Waals surface area (Å²) in [5, 5.41) is 0. The molecular weight excluding hydrogens is 332 g/mol. The van der Waals surface area contributed by atoms with Gasteiger partial charge in [-0.3, -0.25) is 9.59 Å². The number of fused-ring (bicyclic) bond motifs is 4. The number of aromatic nitrogens is 2. The smallest absolute Gasteiger partial charge is 0.289 e. The Morgan fingerprint density at radius 3 is 2.96 bits per heavy atom. The van der Waals surface area contributed by atoms with Gasteiger partial charge in [0.05, 0.1) is 18.8 Å². The minimum atomic E-state index is -0.120. The molecule has 3 aliphatic heterocycles. The van der Waals surface area contributed by atoms with E-state index in [0.29, 0.717) is 31.2 Å². The highest BCUT2D eigenvalue weighted by atomic mass is 16.4. The van der Waals surface area contributed by atoms with Gasteiger partial charge in [-0.25, -0.2) is 4.98 Å². The lowest BCUT2D eigenvalue weighted by Gasteiger charge is -2.35. The molecule has 3 saturated heterocycles. The number of furan rings is 1. The van der Waals surface area contributed by atoms with Crippen molar-refractivity contribution in [3.05, 3.63) is 42.4 Å². The molecule has 0 saturated carbocycles. The van der Waals surface area contributed by atoms with Crippen LogP contribution in [-0.2, 0) is 11.3 Å². The van der Waals surface area contributed by atoms with E-state index in [-0.39, 0.29) is 23.8 Å². The molecule has 0 unspecified atom stereocenters. The quantitative estimate of drug-likeness (QED) is 0.821. The first-order valence-electron chi connectivity index (χ1n) is 9.30. The van der Waals surface area contributed by atoms with E-state index < -0.39 is 0 Å². The normalized spacial score (nSPS) is 22.7. The van der Waals surface area contributed by atoms with Gasteiger partial charge in [0, 0.05) is 38.1 Å². The Labute approximate surface area is 152 Å². The number of amides is 2. The van der Waals surface area contributed by atoms with Gasteiger partial charge in [-0.1, -0.05) is 6.92 Å². The second-order valence-corrected chi connectivity index (χ2v) is 7.17. The molecule has 7 nitrogen and oxygen atoms in total. The maximum Gasteiger partial charge on any atom is 0.289 e. The van der Waals surface area contributed by atoms with Gasteiger partial charge in [0.2, 0.25) is 5.91 Å². The van der Waals surface area contributed by atoms with Crippen LogP contribution in [0.3, 0.4) is 0 Å². The molecule has 0 aromatic carbocycles. The highest BCUT2D eigenvalue weighted by molar-refractivity contribution is 5.92. The van der Waals surface area contributed by atoms with Crippen molar-refractivity contribution < 1.29 is 14.0 Å². The van der Waals surface area contributed by atoms with Crippen LogP contribution in [0.15, 0.2) is 35.3 Å². The van der Waals surface area contributed by atoms with Crippen molar-refractivity contribution in [1.29, 1.82) is 0 Å². The minimum Gasteiger partial charge on any atom is -0.454 e. The Morgan fingerprint density at radius 2 is 2.19 bits per heavy atom. The number of hydrogen-bond acceptors (Lipinski definition) is 4. The van der Waals surface area contributed by atoms with E-state index in [1.54, 1.807) is 23.5 Å². The van der Waals surface area contributed by atoms with Crippen LogP contribution in [0.25, 0.3) is 0 Å². The van der Waals surface area contributed by atoms with Gasteiger partial charge < -0.3 is 18.8 Å². The van der Waals surface area contributed by atoms with E-state index in [2.05, 4.69) is 11.9 Å². The highest BCUT2D eigenvalue weighted by Crippen LogP contribution is 2.30. The largest absolute Gasteiger partial charge is 0.454 e. The summed E-state index contributed by atoms with van der Waals surface area (Å²) < 4.78 is 7.66. The standard InChI is InChI=1S/C19H24N4O3/c1-2-8-23-15-4-3-14(18(23)24)10-22(11-15)19(25)17-6-5-16(26-17)12-21-9-7-20-13-21/h5-7,9,13-15H,2-4,8,10-12H2,1H3/t14-,15+/m0/s1. The van der Waals surface area contributed by atoms with E-state index in [4.69, 9.17) is 4.42 Å². The summed E-state index contributed by atoms with van der Waals surface area (Å²) in [7, 11) is 0. The molecule has 0 spiro atoms. The first-order chi connectivity index (χ1) is 12.7. The third kappa shape index (κ3) is 3.13. The fourth-order valence-electron chi connectivity index (χ4n) is 4.03. The molecule has 2 atom stereocenters. The number of rotatable bonds is 5. The highest BCUT2D eigenvalue weighted by Gasteiger charge is 2.41. The third-order valence-corrected chi connectivity index (χ3v) is 5.32. The molecule has 3 aliphatic rings. The average Bonchev–Trinajstić information content (AvgIpc) is 3.24. The van der Waals surface area contributed by atoms with Crippen LogP contribution in [0.2, 0.25) is 0 Å². The number of nitrogens with zero attached hydrogens (tertiary/aromatic N) is 4. The molecule has 138 valence electrons. The van der Waals surface area contributed by atoms with Crippen molar-refractivity contribution >= 4 is 11.8 Å². The van der Waals surface area contributed by atoms with Crippen LogP contribution in [0, 0.1) is 5.92 Å². The zero-order valence-electron chi connectivity index (χ0n) is 15.0. The number of imidazole rings is 1. The Bertz CT molecular complexity index is 783. The van der Waals surface area contributed by atoms with Crippen molar-refractivity contribution in [3.8, 4) is 0 Å². The third-order valence-electron chi connectivity index (χ3n) is 5.32. The predicted molar refractivity (Wildman–Crippen MR) is 94.5 cm³/mol. The van der Waals surface area contributed by atoms with Crippen molar-refractivity contribution in [3.63, 3.8) is 0 Å². The predicted octanol–water partition coefficient (Wildman–Crippen LogP) is 2.00. The summed E-state index contributed by atoms with van der Waals surface area (Å²) >= 11 is 0. The number of carbonyl (C=O) groups excluding carboxylic acids is 2. The molecule has 0 N–H and O–H groups in total. The van der Waals surface area contributed by atoms with Gasteiger partial charge in [-0.15, -0.1) is 0 Å². The topological polar surface area (TPSA) is 71.6 Å². The molecule has 3 fully saturated rings. The zero-order chi connectivity index (χ0) is 18.1. The summed E-state index contributed by atoms with van der Waals surface area (Å²) in [5.74, 6) is 1.07. The van der Waals surface area contributed by atoms with Crippen molar-refractivity contribution in [1.82, 2.24) is 19.4 Å². The van der Waals surface area contributed by atoms with Gasteiger partial charge >= 0.3 is 0 Å². The summed E-state index contributed by atoms with van der Waals surface area (Å²) in [6.07, 6.45) is 8.07. The number of piperidine rings is 1. The second kappa shape index (κ2) is 6.97. The molecule has 0 aliphatic carbocycles. The molecule has 5 rings (SSSR count). The first kappa shape index (κ1) is 16.9. The van der Waals surface area contributed by atoms with Gasteiger partial charge in [0.25, 0.3) is 5.91 Å². The van der Waals surface area contributed by atoms with Gasteiger partial charge in [0.15, 0.2) is 5.76 Å². The van der Waals surface area contributed by atoms with Crippen LogP contribution in [0.4, 0.5) is 0 Å². The Hall–Kier alpha value is -2.57. The summed E-state index contributed by atoms with van der Waals surface area (Å²) in [6, 6.07) is 3.69. The minimum absolute atomic E-state index is 0.0790. The van der Waals surface area contributed by atoms with E-state index in [0.717, 1.165) is 25.8 Å². The molecule has 0 radical (unpaired) electrons. The van der Waals surface area contributed by atoms with Crippen LogP contribution in [0.1, 0.15) is 42.5 Å². The first-order valence-corrected chi connectivity index (χ1v) is 9.30. The molecule has 2 aromatic rings. The maximum atomic E-state index is 12.9. The number of carbonyl (C=O) groups is 2. The van der Waals surface area contributed by atoms with E-state index >= 15 is 0 Å². The van der Waals surface area contributed by atoms with Crippen LogP contribution in [0.5, 0.6) is 0 Å². The average molecular weight is 356 g/mol. The monoisotopic (exact) mass is 356 g/mol. The molecule has 26 heavy (non-hydrogen) atoms. The fourth-order valence-corrected chi connectivity index (χ4v) is 4.03. The number of hydrogen-bond donors (Lipinski definition) is 0. The lowest BCUT2D eigenvalue weighted by atomic mass is 9.94. The van der Waals surface area contributed by atoms with Crippen molar-refractivity contribution in [2.45, 2.75) is 38.8 Å². The van der Waals surface area contributed by atoms with E-state index in [1.165, 1.54) is 0 Å². The second-order valence-electron chi connectivity index (χ2n) is 7.17. The Morgan fingerprint density at radius 1 is 1.31 bits per heavy atom. The summed E-state index contributed by atoms with van der Waals surface area (Å²) in [6.45, 7) is 4.49. The SMILES string of the molecule is CCCN1C(=O)[C@H]2CC[C@@H]1CN(C(=O)c1ccc(Cn3ccnc3)o1)C2. The van der Waals surface area contributed by atoms with Crippen molar-refractivity contribution in [2.75, 3.05) is 19.6 Å². The summed E-state index contributed by atoms with van der Waals surface area (Å²) in [5.41, 5.74) is 0. The van der Waals surface area contributed by atoms with Crippen molar-refractivity contribution in [2.24, 2.45) is 5.92 Å². The molecule has 2 bridgehead atoms. The lowest BCUT2D eigenvalue weighted by Crippen LogP contribution is -2.48. The Kier molecular flexibility index (Phi) is 4.53. The Balaban J connectivity index is 1.48. The molecular formula is C19H24N4O3. The molecule has 2 amide bonds. The van der Waals surface area contributed by atoms with Crippen LogP contribution < -0.4 is 0 Å². The van der Waals surface area contributed by atoms with E-state index in [1.807, 2.05) is 21.7 Å². The molecule has 5 heterocycles. The van der Waals surface area contributed by atoms with Crippen LogP contribution >= 0.6 is 0 Å². The van der Waals surface area contributed by atoms with Gasteiger partial charge in [0.1, 0.15) is 5.76 Å². The van der Waals surface area contributed by atoms with Crippen LogP contribution in [-0.4, -0.2) is 56.8 Å². The van der Waals surface area contributed by atoms with E-state index in [9.17, 15) is 9.59 Å².